The molecule has 1 aromatic carbocycles. The number of amides is 5. The Morgan fingerprint density at radius 1 is 0.754 bits per heavy atom. The topological polar surface area (TPSA) is 211 Å². The van der Waals surface area contributed by atoms with Crippen molar-refractivity contribution in [1.29, 1.82) is 0 Å². The lowest BCUT2D eigenvalue weighted by Crippen LogP contribution is -2.48. The van der Waals surface area contributed by atoms with E-state index in [0.717, 1.165) is 11.1 Å². The third kappa shape index (κ3) is 17.9. The number of nitrogens with one attached hydrogen (secondary N) is 4. The molecule has 0 saturated heterocycles. The molecule has 4 N–H and O–H groups in total. The van der Waals surface area contributed by atoms with Crippen LogP contribution < -0.4 is 21.3 Å². The fourth-order valence-corrected chi connectivity index (χ4v) is 5.56. The molecule has 0 spiro atoms. The summed E-state index contributed by atoms with van der Waals surface area (Å²) in [5, 5.41) is 11.0. The third-order valence-corrected chi connectivity index (χ3v) is 7.91. The van der Waals surface area contributed by atoms with Crippen LogP contribution in [0.1, 0.15) is 110 Å². The fourth-order valence-electron chi connectivity index (χ4n) is 4.68. The van der Waals surface area contributed by atoms with Gasteiger partial charge in [0.2, 0.25) is 11.9 Å². The molecule has 1 aliphatic rings. The predicted molar refractivity (Wildman–Crippen MR) is 218 cm³/mol. The van der Waals surface area contributed by atoms with Crippen LogP contribution in [0.4, 0.5) is 24.9 Å². The van der Waals surface area contributed by atoms with Crippen molar-refractivity contribution in [1.82, 2.24) is 25.8 Å². The quantitative estimate of drug-likeness (QED) is 0.130. The minimum atomic E-state index is -0.851. The molecule has 18 heteroatoms. The fraction of sp³-hybridized carbons (Fsp3) is 0.538. The minimum Gasteiger partial charge on any atom is -0.444 e. The van der Waals surface area contributed by atoms with Crippen molar-refractivity contribution in [3.8, 4) is 0 Å². The Labute approximate surface area is 338 Å². The van der Waals surface area contributed by atoms with Crippen LogP contribution in [0, 0.1) is 0 Å². The number of benzene rings is 1. The SMILES string of the molecule is CC(C)(C)OC(=O)/N=C(/NC(=O)OC(C)(C)C)N1CC=C(c2ncc(C(=O)Nc3ccc(CCN=C(NC(=O)OC(C)(C)C)NC(=O)OC(C)(C)C)cc3)s2)CC1. The summed E-state index contributed by atoms with van der Waals surface area (Å²) in [7, 11) is 0. The minimum absolute atomic E-state index is 0.00177. The van der Waals surface area contributed by atoms with Crippen LogP contribution in [-0.2, 0) is 25.4 Å². The molecule has 0 fully saturated rings. The first-order valence-corrected chi connectivity index (χ1v) is 19.2. The van der Waals surface area contributed by atoms with E-state index in [9.17, 15) is 24.0 Å². The maximum Gasteiger partial charge on any atom is 0.437 e. The molecule has 0 unspecified atom stereocenters. The van der Waals surface area contributed by atoms with E-state index < -0.39 is 46.8 Å². The van der Waals surface area contributed by atoms with Gasteiger partial charge in [-0.25, -0.2) is 24.2 Å². The second-order valence-electron chi connectivity index (χ2n) is 16.9. The van der Waals surface area contributed by atoms with Crippen molar-refractivity contribution in [2.75, 3.05) is 25.0 Å². The van der Waals surface area contributed by atoms with Gasteiger partial charge < -0.3 is 29.2 Å². The Morgan fingerprint density at radius 2 is 1.28 bits per heavy atom. The normalized spacial score (nSPS) is 13.7. The molecule has 1 aromatic heterocycles. The molecule has 5 amide bonds. The van der Waals surface area contributed by atoms with E-state index >= 15 is 0 Å². The first kappa shape index (κ1) is 45.9. The number of aliphatic imine (C=N–C) groups is 2. The van der Waals surface area contributed by atoms with E-state index in [4.69, 9.17) is 18.9 Å². The number of anilines is 1. The number of ether oxygens (including phenoxy) is 4. The highest BCUT2D eigenvalue weighted by Crippen LogP contribution is 2.27. The molecule has 312 valence electrons. The van der Waals surface area contributed by atoms with Gasteiger partial charge in [0.15, 0.2) is 0 Å². The van der Waals surface area contributed by atoms with Crippen molar-refractivity contribution in [3.05, 3.63) is 52.0 Å². The second kappa shape index (κ2) is 19.1. The van der Waals surface area contributed by atoms with Gasteiger partial charge in [-0.3, -0.25) is 25.7 Å². The van der Waals surface area contributed by atoms with Crippen molar-refractivity contribution in [2.24, 2.45) is 9.98 Å². The molecule has 17 nitrogen and oxygen atoms in total. The zero-order chi connectivity index (χ0) is 42.8. The number of nitrogens with zero attached hydrogens (tertiary/aromatic N) is 4. The molecule has 0 bridgehead atoms. The molecule has 2 aromatic rings. The number of rotatable bonds is 6. The van der Waals surface area contributed by atoms with Gasteiger partial charge in [-0.15, -0.1) is 16.3 Å². The Hall–Kier alpha value is -5.52. The molecular formula is C39H56N8O9S. The summed E-state index contributed by atoms with van der Waals surface area (Å²) in [6, 6.07) is 7.19. The van der Waals surface area contributed by atoms with Crippen molar-refractivity contribution in [3.63, 3.8) is 0 Å². The lowest BCUT2D eigenvalue weighted by atomic mass is 10.1. The number of carbonyl (C=O) groups excluding carboxylic acids is 5. The van der Waals surface area contributed by atoms with E-state index in [-0.39, 0.29) is 24.4 Å². The highest BCUT2D eigenvalue weighted by Gasteiger charge is 2.26. The first-order chi connectivity index (χ1) is 26.2. The molecule has 3 rings (SSSR count). The summed E-state index contributed by atoms with van der Waals surface area (Å²) in [4.78, 5) is 77.9. The van der Waals surface area contributed by atoms with Gasteiger partial charge in [0.1, 0.15) is 32.3 Å². The summed E-state index contributed by atoms with van der Waals surface area (Å²) < 4.78 is 21.3. The average Bonchev–Trinajstić information content (AvgIpc) is 3.52. The van der Waals surface area contributed by atoms with Gasteiger partial charge in [-0.05, 0) is 119 Å². The summed E-state index contributed by atoms with van der Waals surface area (Å²) in [6.07, 6.45) is 1.21. The van der Waals surface area contributed by atoms with Crippen molar-refractivity contribution < 1.29 is 42.9 Å². The zero-order valence-electron chi connectivity index (χ0n) is 34.9. The Morgan fingerprint density at radius 3 is 1.77 bits per heavy atom. The molecule has 0 atom stereocenters. The van der Waals surface area contributed by atoms with Crippen LogP contribution in [-0.4, -0.2) is 94.1 Å². The summed E-state index contributed by atoms with van der Waals surface area (Å²) in [5.41, 5.74) is -0.679. The van der Waals surface area contributed by atoms with Gasteiger partial charge in [0.05, 0.1) is 6.20 Å². The molecule has 0 saturated carbocycles. The molecule has 0 radical (unpaired) electrons. The van der Waals surface area contributed by atoms with Gasteiger partial charge in [0, 0.05) is 25.3 Å². The van der Waals surface area contributed by atoms with Gasteiger partial charge in [-0.1, -0.05) is 18.2 Å². The van der Waals surface area contributed by atoms with Crippen LogP contribution in [0.5, 0.6) is 0 Å². The number of aromatic nitrogens is 1. The first-order valence-electron chi connectivity index (χ1n) is 18.4. The predicted octanol–water partition coefficient (Wildman–Crippen LogP) is 7.25. The van der Waals surface area contributed by atoms with Gasteiger partial charge in [0.25, 0.3) is 5.91 Å². The smallest absolute Gasteiger partial charge is 0.437 e. The van der Waals surface area contributed by atoms with Crippen LogP contribution in [0.2, 0.25) is 0 Å². The highest BCUT2D eigenvalue weighted by atomic mass is 32.1. The van der Waals surface area contributed by atoms with E-state index in [1.165, 1.54) is 17.5 Å². The third-order valence-electron chi connectivity index (χ3n) is 6.84. The van der Waals surface area contributed by atoms with E-state index in [2.05, 4.69) is 36.2 Å². The highest BCUT2D eigenvalue weighted by molar-refractivity contribution is 7.14. The molecule has 57 heavy (non-hydrogen) atoms. The number of guanidine groups is 2. The molecule has 2 heterocycles. The van der Waals surface area contributed by atoms with E-state index in [0.29, 0.717) is 41.5 Å². The lowest BCUT2D eigenvalue weighted by molar-refractivity contribution is 0.0528. The number of thiazole rings is 1. The van der Waals surface area contributed by atoms with Gasteiger partial charge >= 0.3 is 24.4 Å². The lowest BCUT2D eigenvalue weighted by Gasteiger charge is -2.29. The average molecular weight is 813 g/mol. The number of carbonyl (C=O) groups is 5. The Bertz CT molecular complexity index is 1830. The second-order valence-corrected chi connectivity index (χ2v) is 17.9. The monoisotopic (exact) mass is 812 g/mol. The number of hydrogen-bond acceptors (Lipinski definition) is 12. The summed E-state index contributed by atoms with van der Waals surface area (Å²) in [5.74, 6) is -0.435. The molecule has 1 aliphatic heterocycles. The molecular weight excluding hydrogens is 757 g/mol. The van der Waals surface area contributed by atoms with Crippen LogP contribution in [0.25, 0.3) is 5.57 Å². The number of hydrogen-bond donors (Lipinski definition) is 4. The Kier molecular flexibility index (Phi) is 15.4. The maximum atomic E-state index is 13.1. The number of alkyl carbamates (subject to hydrolysis) is 3. The standard InChI is InChI=1S/C39H56N8O9S/c1-36(2,3)53-32(49)43-30(44-33(50)54-37(4,5)6)40-20-17-24-13-15-26(16-14-24)42-28(48)27-23-41-29(57-27)25-18-21-47(22-19-25)31(45-34(51)55-38(7,8)9)46-35(52)56-39(10,11)12/h13-16,18,23H,17,19-22H2,1-12H3,(H,42,48)(H,45,46,51,52)(H2,40,43,44,49,50). The van der Waals surface area contributed by atoms with Crippen molar-refractivity contribution >= 4 is 64.8 Å². The van der Waals surface area contributed by atoms with Crippen LogP contribution in [0.15, 0.2) is 46.5 Å². The van der Waals surface area contributed by atoms with Gasteiger partial charge in [-0.2, -0.15) is 0 Å². The van der Waals surface area contributed by atoms with Crippen molar-refractivity contribution in [2.45, 2.75) is 118 Å². The summed E-state index contributed by atoms with van der Waals surface area (Å²) >= 11 is 1.24. The zero-order valence-corrected chi connectivity index (χ0v) is 35.7. The molecule has 0 aliphatic carbocycles. The maximum absolute atomic E-state index is 13.1. The van der Waals surface area contributed by atoms with Crippen LogP contribution >= 0.6 is 11.3 Å². The largest absolute Gasteiger partial charge is 0.444 e. The Balaban J connectivity index is 1.62. The summed E-state index contributed by atoms with van der Waals surface area (Å²) in [6.45, 7) is 21.6. The van der Waals surface area contributed by atoms with Crippen LogP contribution in [0.3, 0.4) is 0 Å². The van der Waals surface area contributed by atoms with E-state index in [1.54, 1.807) is 100 Å². The van der Waals surface area contributed by atoms with E-state index in [1.807, 2.05) is 18.2 Å².